The Morgan fingerprint density at radius 1 is 1.47 bits per heavy atom. The summed E-state index contributed by atoms with van der Waals surface area (Å²) in [6, 6.07) is 3.28. The number of nitrogens with zero attached hydrogens (tertiary/aromatic N) is 2. The van der Waals surface area contributed by atoms with Crippen LogP contribution >= 0.6 is 0 Å². The molecule has 19 heavy (non-hydrogen) atoms. The molecular formula is C12H18N2O4S. The van der Waals surface area contributed by atoms with Crippen LogP contribution in [0.15, 0.2) is 24.5 Å². The molecule has 0 amide bonds. The van der Waals surface area contributed by atoms with Crippen LogP contribution in [0, 0.1) is 0 Å². The van der Waals surface area contributed by atoms with E-state index in [-0.39, 0.29) is 18.3 Å². The van der Waals surface area contributed by atoms with Crippen molar-refractivity contribution in [2.24, 2.45) is 0 Å². The van der Waals surface area contributed by atoms with Crippen molar-refractivity contribution in [3.05, 3.63) is 30.1 Å². The van der Waals surface area contributed by atoms with Crippen molar-refractivity contribution in [1.29, 1.82) is 0 Å². The summed E-state index contributed by atoms with van der Waals surface area (Å²) >= 11 is 0. The minimum atomic E-state index is -3.59. The minimum absolute atomic E-state index is 0.202. The van der Waals surface area contributed by atoms with Crippen LogP contribution in [0.3, 0.4) is 0 Å². The van der Waals surface area contributed by atoms with Crippen LogP contribution in [0.4, 0.5) is 0 Å². The molecule has 0 aliphatic heterocycles. The molecule has 1 N–H and O–H groups in total. The van der Waals surface area contributed by atoms with Gasteiger partial charge in [0.05, 0.1) is 12.2 Å². The van der Waals surface area contributed by atoms with Gasteiger partial charge in [0.1, 0.15) is 0 Å². The van der Waals surface area contributed by atoms with Crippen LogP contribution in [0.25, 0.3) is 0 Å². The highest BCUT2D eigenvalue weighted by Crippen LogP contribution is 2.14. The summed E-state index contributed by atoms with van der Waals surface area (Å²) in [7, 11) is -3.59. The Bertz CT molecular complexity index is 514. The molecule has 1 heterocycles. The molecule has 1 aromatic heterocycles. The molecule has 0 aliphatic rings. The molecule has 0 saturated carbocycles. The third-order valence-electron chi connectivity index (χ3n) is 2.57. The quantitative estimate of drug-likeness (QED) is 0.811. The number of carboxylic acid groups (broad SMARTS) is 1. The fourth-order valence-corrected chi connectivity index (χ4v) is 3.26. The molecule has 1 aromatic rings. The SMILES string of the molecule is CC(C)N(Cc1cccnc1)S(=O)(=O)CCC(=O)O. The summed E-state index contributed by atoms with van der Waals surface area (Å²) < 4.78 is 25.5. The number of carbonyl (C=O) groups is 1. The number of rotatable bonds is 7. The zero-order valence-electron chi connectivity index (χ0n) is 11.0. The van der Waals surface area contributed by atoms with Gasteiger partial charge in [0.2, 0.25) is 10.0 Å². The van der Waals surface area contributed by atoms with Crippen molar-refractivity contribution in [2.75, 3.05) is 5.75 Å². The Morgan fingerprint density at radius 2 is 2.16 bits per heavy atom. The van der Waals surface area contributed by atoms with E-state index in [1.54, 1.807) is 38.4 Å². The van der Waals surface area contributed by atoms with Gasteiger partial charge in [-0.3, -0.25) is 9.78 Å². The van der Waals surface area contributed by atoms with Gasteiger partial charge in [0.15, 0.2) is 0 Å². The summed E-state index contributed by atoms with van der Waals surface area (Å²) in [5.41, 5.74) is 0.773. The van der Waals surface area contributed by atoms with E-state index in [9.17, 15) is 13.2 Å². The van der Waals surface area contributed by atoms with Gasteiger partial charge in [-0.25, -0.2) is 8.42 Å². The summed E-state index contributed by atoms with van der Waals surface area (Å²) in [5.74, 6) is -1.51. The third-order valence-corrected chi connectivity index (χ3v) is 4.55. The van der Waals surface area contributed by atoms with Crippen molar-refractivity contribution in [1.82, 2.24) is 9.29 Å². The van der Waals surface area contributed by atoms with E-state index in [1.165, 1.54) is 4.31 Å². The Balaban J connectivity index is 2.85. The lowest BCUT2D eigenvalue weighted by Crippen LogP contribution is -2.38. The van der Waals surface area contributed by atoms with Crippen molar-refractivity contribution >= 4 is 16.0 Å². The highest BCUT2D eigenvalue weighted by atomic mass is 32.2. The second kappa shape index (κ2) is 6.63. The van der Waals surface area contributed by atoms with Crippen LogP contribution in [0.1, 0.15) is 25.8 Å². The molecule has 0 bridgehead atoms. The van der Waals surface area contributed by atoms with E-state index >= 15 is 0 Å². The second-order valence-electron chi connectivity index (χ2n) is 4.46. The molecule has 0 saturated heterocycles. The second-order valence-corrected chi connectivity index (χ2v) is 6.50. The van der Waals surface area contributed by atoms with E-state index in [4.69, 9.17) is 5.11 Å². The summed E-state index contributed by atoms with van der Waals surface area (Å²) in [4.78, 5) is 14.4. The normalized spacial score (nSPS) is 12.0. The average molecular weight is 286 g/mol. The number of aliphatic carboxylic acids is 1. The van der Waals surface area contributed by atoms with Crippen LogP contribution < -0.4 is 0 Å². The van der Waals surface area contributed by atoms with Crippen LogP contribution in [-0.2, 0) is 21.4 Å². The summed E-state index contributed by atoms with van der Waals surface area (Å²) in [6.45, 7) is 3.72. The van der Waals surface area contributed by atoms with E-state index in [2.05, 4.69) is 4.98 Å². The van der Waals surface area contributed by atoms with E-state index in [0.29, 0.717) is 0 Å². The zero-order chi connectivity index (χ0) is 14.5. The van der Waals surface area contributed by atoms with Gasteiger partial charge in [0, 0.05) is 25.0 Å². The molecule has 0 radical (unpaired) electrons. The Labute approximate surface area is 113 Å². The standard InChI is InChI=1S/C12H18N2O4S/c1-10(2)14(9-11-4-3-6-13-8-11)19(17,18)7-5-12(15)16/h3-4,6,8,10H,5,7,9H2,1-2H3,(H,15,16). The van der Waals surface area contributed by atoms with E-state index in [0.717, 1.165) is 5.56 Å². The monoisotopic (exact) mass is 286 g/mol. The zero-order valence-corrected chi connectivity index (χ0v) is 11.8. The maximum atomic E-state index is 12.1. The number of hydrogen-bond donors (Lipinski definition) is 1. The fraction of sp³-hybridized carbons (Fsp3) is 0.500. The van der Waals surface area contributed by atoms with Crippen molar-refractivity contribution in [3.63, 3.8) is 0 Å². The Kier molecular flexibility index (Phi) is 5.44. The van der Waals surface area contributed by atoms with Crippen LogP contribution in [0.5, 0.6) is 0 Å². The van der Waals surface area contributed by atoms with Crippen LogP contribution in [-0.4, -0.2) is 40.6 Å². The maximum absolute atomic E-state index is 12.1. The molecule has 6 nitrogen and oxygen atoms in total. The van der Waals surface area contributed by atoms with Gasteiger partial charge in [-0.2, -0.15) is 4.31 Å². The first-order valence-electron chi connectivity index (χ1n) is 5.93. The van der Waals surface area contributed by atoms with Crippen LogP contribution in [0.2, 0.25) is 0 Å². The largest absolute Gasteiger partial charge is 0.481 e. The topological polar surface area (TPSA) is 87.6 Å². The lowest BCUT2D eigenvalue weighted by molar-refractivity contribution is -0.136. The number of carboxylic acids is 1. The van der Waals surface area contributed by atoms with E-state index in [1.807, 2.05) is 0 Å². The highest BCUT2D eigenvalue weighted by Gasteiger charge is 2.25. The van der Waals surface area contributed by atoms with Gasteiger partial charge in [-0.1, -0.05) is 6.07 Å². The van der Waals surface area contributed by atoms with E-state index < -0.39 is 22.4 Å². The highest BCUT2D eigenvalue weighted by molar-refractivity contribution is 7.89. The maximum Gasteiger partial charge on any atom is 0.304 e. The number of sulfonamides is 1. The molecule has 1 rings (SSSR count). The summed E-state index contributed by atoms with van der Waals surface area (Å²) in [6.07, 6.45) is 2.82. The first kappa shape index (κ1) is 15.6. The number of aromatic nitrogens is 1. The third kappa shape index (κ3) is 4.96. The summed E-state index contributed by atoms with van der Waals surface area (Å²) in [5, 5.41) is 8.59. The first-order chi connectivity index (χ1) is 8.83. The fourth-order valence-electron chi connectivity index (χ4n) is 1.61. The van der Waals surface area contributed by atoms with Gasteiger partial charge < -0.3 is 5.11 Å². The lowest BCUT2D eigenvalue weighted by atomic mass is 10.2. The molecule has 106 valence electrons. The predicted molar refractivity (Wildman–Crippen MR) is 71.0 cm³/mol. The van der Waals surface area contributed by atoms with Crippen molar-refractivity contribution in [2.45, 2.75) is 32.9 Å². The first-order valence-corrected chi connectivity index (χ1v) is 7.54. The minimum Gasteiger partial charge on any atom is -0.481 e. The molecule has 0 spiro atoms. The molecule has 0 aliphatic carbocycles. The predicted octanol–water partition coefficient (Wildman–Crippen LogP) is 1.10. The number of hydrogen-bond acceptors (Lipinski definition) is 4. The van der Waals surface area contributed by atoms with Gasteiger partial charge >= 0.3 is 5.97 Å². The molecule has 0 aromatic carbocycles. The van der Waals surface area contributed by atoms with Gasteiger partial charge in [-0.15, -0.1) is 0 Å². The molecular weight excluding hydrogens is 268 g/mol. The Hall–Kier alpha value is -1.47. The Morgan fingerprint density at radius 3 is 2.63 bits per heavy atom. The molecule has 7 heteroatoms. The van der Waals surface area contributed by atoms with Crippen molar-refractivity contribution < 1.29 is 18.3 Å². The lowest BCUT2D eigenvalue weighted by Gasteiger charge is -2.25. The average Bonchev–Trinajstić information content (AvgIpc) is 2.34. The smallest absolute Gasteiger partial charge is 0.304 e. The number of pyridine rings is 1. The van der Waals surface area contributed by atoms with Gasteiger partial charge in [0.25, 0.3) is 0 Å². The van der Waals surface area contributed by atoms with Gasteiger partial charge in [-0.05, 0) is 25.5 Å². The molecule has 0 unspecified atom stereocenters. The van der Waals surface area contributed by atoms with Crippen molar-refractivity contribution in [3.8, 4) is 0 Å². The molecule has 0 atom stereocenters. The molecule has 0 fully saturated rings.